The van der Waals surface area contributed by atoms with Crippen molar-refractivity contribution in [2.45, 2.75) is 45.6 Å². The van der Waals surface area contributed by atoms with Crippen molar-refractivity contribution in [3.63, 3.8) is 0 Å². The minimum Gasteiger partial charge on any atom is -0.328 e. The Labute approximate surface area is 115 Å². The fourth-order valence-electron chi connectivity index (χ4n) is 2.35. The van der Waals surface area contributed by atoms with Crippen LogP contribution in [0.4, 0.5) is 0 Å². The van der Waals surface area contributed by atoms with Crippen LogP contribution >= 0.6 is 12.6 Å². The lowest BCUT2D eigenvalue weighted by molar-refractivity contribution is 0.590. The fourth-order valence-corrected chi connectivity index (χ4v) is 2.57. The largest absolute Gasteiger partial charge is 0.328 e. The normalized spacial score (nSPS) is 11.2. The van der Waals surface area contributed by atoms with Crippen LogP contribution in [0.5, 0.6) is 0 Å². The number of nitrogens with zero attached hydrogens (tertiary/aromatic N) is 2. The highest BCUT2D eigenvalue weighted by atomic mass is 32.1. The first-order chi connectivity index (χ1) is 8.86. The van der Waals surface area contributed by atoms with Crippen LogP contribution in [0.1, 0.15) is 38.4 Å². The van der Waals surface area contributed by atoms with Gasteiger partial charge in [-0.25, -0.2) is 4.98 Å². The summed E-state index contributed by atoms with van der Waals surface area (Å²) in [6.45, 7) is 3.30. The molecule has 0 bridgehead atoms. The van der Waals surface area contributed by atoms with E-state index in [2.05, 4.69) is 48.4 Å². The number of aromatic nitrogens is 2. The molecule has 0 fully saturated rings. The zero-order chi connectivity index (χ0) is 12.8. The number of rotatable bonds is 7. The monoisotopic (exact) mass is 262 g/mol. The van der Waals surface area contributed by atoms with E-state index in [0.29, 0.717) is 0 Å². The molecule has 1 aromatic heterocycles. The van der Waals surface area contributed by atoms with E-state index < -0.39 is 0 Å². The molecule has 0 saturated heterocycles. The lowest BCUT2D eigenvalue weighted by Gasteiger charge is -2.08. The van der Waals surface area contributed by atoms with Gasteiger partial charge in [-0.15, -0.1) is 0 Å². The number of hydrogen-bond acceptors (Lipinski definition) is 2. The minimum atomic E-state index is 0.993. The zero-order valence-electron chi connectivity index (χ0n) is 11.1. The highest BCUT2D eigenvalue weighted by molar-refractivity contribution is 7.80. The second-order valence-electron chi connectivity index (χ2n) is 4.70. The first-order valence-electron chi connectivity index (χ1n) is 6.91. The van der Waals surface area contributed by atoms with Gasteiger partial charge in [-0.3, -0.25) is 0 Å². The Balaban J connectivity index is 2.19. The Hall–Kier alpha value is -0.960. The number of benzene rings is 1. The molecular formula is C15H22N2S. The van der Waals surface area contributed by atoms with E-state index in [1.54, 1.807) is 0 Å². The van der Waals surface area contributed by atoms with Gasteiger partial charge in [0.2, 0.25) is 0 Å². The predicted molar refractivity (Wildman–Crippen MR) is 81.4 cm³/mol. The number of aryl methyl sites for hydroxylation is 2. The van der Waals surface area contributed by atoms with Gasteiger partial charge < -0.3 is 4.57 Å². The van der Waals surface area contributed by atoms with Crippen molar-refractivity contribution in [2.24, 2.45) is 0 Å². The molecule has 0 N–H and O–H groups in total. The first kappa shape index (κ1) is 13.5. The van der Waals surface area contributed by atoms with Crippen molar-refractivity contribution in [3.05, 3.63) is 30.1 Å². The summed E-state index contributed by atoms with van der Waals surface area (Å²) in [7, 11) is 0. The molecule has 2 rings (SSSR count). The maximum absolute atomic E-state index is 4.75. The van der Waals surface area contributed by atoms with Crippen molar-refractivity contribution in [2.75, 3.05) is 5.75 Å². The van der Waals surface area contributed by atoms with Crippen molar-refractivity contribution in [1.29, 1.82) is 0 Å². The molecule has 1 heterocycles. The molecule has 0 aliphatic heterocycles. The Morgan fingerprint density at radius 3 is 2.78 bits per heavy atom. The van der Waals surface area contributed by atoms with E-state index in [4.69, 9.17) is 4.98 Å². The van der Waals surface area contributed by atoms with Gasteiger partial charge in [-0.2, -0.15) is 12.6 Å². The minimum absolute atomic E-state index is 0.993. The van der Waals surface area contributed by atoms with Crippen molar-refractivity contribution >= 4 is 23.7 Å². The molecule has 98 valence electrons. The van der Waals surface area contributed by atoms with Crippen LogP contribution in [0.2, 0.25) is 0 Å². The summed E-state index contributed by atoms with van der Waals surface area (Å²) in [5.41, 5.74) is 2.42. The third-order valence-corrected chi connectivity index (χ3v) is 3.56. The quantitative estimate of drug-likeness (QED) is 0.588. The van der Waals surface area contributed by atoms with Gasteiger partial charge in [0.15, 0.2) is 0 Å². The molecule has 0 aliphatic rings. The molecule has 0 radical (unpaired) electrons. The van der Waals surface area contributed by atoms with Gasteiger partial charge in [0.05, 0.1) is 11.0 Å². The van der Waals surface area contributed by atoms with E-state index in [0.717, 1.165) is 30.7 Å². The number of hydrogen-bond donors (Lipinski definition) is 1. The molecular weight excluding hydrogens is 240 g/mol. The van der Waals surface area contributed by atoms with Crippen LogP contribution in [0.25, 0.3) is 11.0 Å². The highest BCUT2D eigenvalue weighted by Gasteiger charge is 2.08. The summed E-state index contributed by atoms with van der Waals surface area (Å²) in [5.74, 6) is 2.23. The standard InChI is InChI=1S/C15H22N2S/c1-2-8-15-16-13-9-4-5-10-14(13)17(15)11-6-3-7-12-18/h4-5,9-10,18H,2-3,6-8,11-12H2,1H3. The Bertz CT molecular complexity index is 490. The van der Waals surface area contributed by atoms with Gasteiger partial charge in [0.1, 0.15) is 5.82 Å². The van der Waals surface area contributed by atoms with E-state index in [9.17, 15) is 0 Å². The summed E-state index contributed by atoms with van der Waals surface area (Å²) in [6, 6.07) is 8.46. The number of unbranched alkanes of at least 4 members (excludes halogenated alkanes) is 2. The van der Waals surface area contributed by atoms with Crippen molar-refractivity contribution in [1.82, 2.24) is 9.55 Å². The topological polar surface area (TPSA) is 17.8 Å². The molecule has 2 nitrogen and oxygen atoms in total. The van der Waals surface area contributed by atoms with Gasteiger partial charge in [0.25, 0.3) is 0 Å². The molecule has 1 aromatic carbocycles. The third-order valence-electron chi connectivity index (χ3n) is 3.25. The summed E-state index contributed by atoms with van der Waals surface area (Å²) in [4.78, 5) is 4.75. The lowest BCUT2D eigenvalue weighted by Crippen LogP contribution is -2.04. The lowest BCUT2D eigenvalue weighted by atomic mass is 10.2. The number of fused-ring (bicyclic) bond motifs is 1. The molecule has 0 amide bonds. The molecule has 0 saturated carbocycles. The van der Waals surface area contributed by atoms with Crippen LogP contribution in [-0.4, -0.2) is 15.3 Å². The molecule has 18 heavy (non-hydrogen) atoms. The zero-order valence-corrected chi connectivity index (χ0v) is 12.0. The van der Waals surface area contributed by atoms with E-state index in [1.165, 1.54) is 30.6 Å². The van der Waals surface area contributed by atoms with E-state index in [-0.39, 0.29) is 0 Å². The van der Waals surface area contributed by atoms with Gasteiger partial charge in [-0.1, -0.05) is 25.5 Å². The van der Waals surface area contributed by atoms with Crippen LogP contribution in [0.3, 0.4) is 0 Å². The van der Waals surface area contributed by atoms with Crippen molar-refractivity contribution < 1.29 is 0 Å². The fraction of sp³-hybridized carbons (Fsp3) is 0.533. The summed E-state index contributed by atoms with van der Waals surface area (Å²) < 4.78 is 2.40. The molecule has 0 aliphatic carbocycles. The third kappa shape index (κ3) is 3.08. The summed E-state index contributed by atoms with van der Waals surface area (Å²) in [6.07, 6.45) is 5.90. The Kier molecular flexibility index (Phi) is 5.12. The summed E-state index contributed by atoms with van der Waals surface area (Å²) >= 11 is 4.26. The molecule has 0 unspecified atom stereocenters. The maximum Gasteiger partial charge on any atom is 0.109 e. The van der Waals surface area contributed by atoms with Crippen LogP contribution < -0.4 is 0 Å². The van der Waals surface area contributed by atoms with Gasteiger partial charge in [0, 0.05) is 13.0 Å². The van der Waals surface area contributed by atoms with Crippen LogP contribution in [0.15, 0.2) is 24.3 Å². The molecule has 2 aromatic rings. The second kappa shape index (κ2) is 6.83. The maximum atomic E-state index is 4.75. The van der Waals surface area contributed by atoms with Gasteiger partial charge in [-0.05, 0) is 37.1 Å². The number of para-hydroxylation sites is 2. The van der Waals surface area contributed by atoms with E-state index >= 15 is 0 Å². The first-order valence-corrected chi connectivity index (χ1v) is 7.55. The van der Waals surface area contributed by atoms with Gasteiger partial charge >= 0.3 is 0 Å². The van der Waals surface area contributed by atoms with Crippen LogP contribution in [0, 0.1) is 0 Å². The Morgan fingerprint density at radius 1 is 1.17 bits per heavy atom. The van der Waals surface area contributed by atoms with E-state index in [1.807, 2.05) is 0 Å². The molecule has 0 atom stereocenters. The average molecular weight is 262 g/mol. The van der Waals surface area contributed by atoms with Crippen LogP contribution in [-0.2, 0) is 13.0 Å². The predicted octanol–water partition coefficient (Wildman–Crippen LogP) is 4.09. The average Bonchev–Trinajstić information content (AvgIpc) is 2.73. The Morgan fingerprint density at radius 2 is 2.00 bits per heavy atom. The number of thiol groups is 1. The number of imidazole rings is 1. The second-order valence-corrected chi connectivity index (χ2v) is 5.15. The smallest absolute Gasteiger partial charge is 0.109 e. The molecule has 0 spiro atoms. The highest BCUT2D eigenvalue weighted by Crippen LogP contribution is 2.18. The van der Waals surface area contributed by atoms with Crippen molar-refractivity contribution in [3.8, 4) is 0 Å². The summed E-state index contributed by atoms with van der Waals surface area (Å²) in [5, 5.41) is 0. The SMILES string of the molecule is CCCc1nc2ccccc2n1CCCCCS. The molecule has 3 heteroatoms.